The van der Waals surface area contributed by atoms with Crippen LogP contribution in [0.4, 0.5) is 0 Å². The van der Waals surface area contributed by atoms with Crippen molar-refractivity contribution in [1.29, 1.82) is 0 Å². The number of aliphatic hydroxyl groups excluding tert-OH is 1. The molecule has 1 heterocycles. The lowest BCUT2D eigenvalue weighted by atomic mass is 9.75. The quantitative estimate of drug-likeness (QED) is 0.923. The van der Waals surface area contributed by atoms with Gasteiger partial charge in [0.1, 0.15) is 0 Å². The fourth-order valence-corrected chi connectivity index (χ4v) is 3.72. The average Bonchev–Trinajstić information content (AvgIpc) is 2.61. The van der Waals surface area contributed by atoms with Crippen molar-refractivity contribution in [2.24, 2.45) is 5.41 Å². The standard InChI is InChI=1S/C15H25NO2S/c1-5-19(18)7-6-16-11(2)8-12-13(16)9-15(3,4)10-14(12)17/h8,14,17H,5-7,9-10H2,1-4H3. The first kappa shape index (κ1) is 14.8. The van der Waals surface area contributed by atoms with Crippen LogP contribution in [0.1, 0.15) is 50.2 Å². The molecule has 0 aliphatic heterocycles. The first-order chi connectivity index (χ1) is 8.84. The van der Waals surface area contributed by atoms with Gasteiger partial charge in [-0.3, -0.25) is 4.21 Å². The Balaban J connectivity index is 2.28. The summed E-state index contributed by atoms with van der Waals surface area (Å²) in [5.74, 6) is 1.42. The van der Waals surface area contributed by atoms with Gasteiger partial charge in [-0.1, -0.05) is 20.8 Å². The van der Waals surface area contributed by atoms with E-state index >= 15 is 0 Å². The minimum absolute atomic E-state index is 0.138. The number of rotatable bonds is 4. The zero-order chi connectivity index (χ0) is 14.2. The highest BCUT2D eigenvalue weighted by Crippen LogP contribution is 2.41. The van der Waals surface area contributed by atoms with Gasteiger partial charge < -0.3 is 9.67 Å². The number of nitrogens with zero attached hydrogens (tertiary/aromatic N) is 1. The number of aromatic nitrogens is 1. The lowest BCUT2D eigenvalue weighted by Gasteiger charge is -2.34. The summed E-state index contributed by atoms with van der Waals surface area (Å²) in [6.07, 6.45) is 1.46. The third-order valence-corrected chi connectivity index (χ3v) is 5.35. The van der Waals surface area contributed by atoms with E-state index in [2.05, 4.69) is 31.4 Å². The SMILES string of the molecule is CCS(=O)CCn1c(C)cc2c1CC(C)(C)CC2O. The maximum absolute atomic E-state index is 11.6. The Morgan fingerprint density at radius 1 is 1.53 bits per heavy atom. The molecule has 0 bridgehead atoms. The Hall–Kier alpha value is -0.610. The molecule has 108 valence electrons. The molecule has 4 heteroatoms. The molecule has 2 rings (SSSR count). The van der Waals surface area contributed by atoms with Crippen LogP contribution in [0.2, 0.25) is 0 Å². The molecule has 0 saturated heterocycles. The minimum Gasteiger partial charge on any atom is -0.388 e. The van der Waals surface area contributed by atoms with Gasteiger partial charge in [0.2, 0.25) is 0 Å². The monoisotopic (exact) mass is 283 g/mol. The van der Waals surface area contributed by atoms with Gasteiger partial charge in [0.25, 0.3) is 0 Å². The van der Waals surface area contributed by atoms with E-state index in [-0.39, 0.29) is 11.5 Å². The molecule has 19 heavy (non-hydrogen) atoms. The highest BCUT2D eigenvalue weighted by Gasteiger charge is 2.33. The molecule has 0 amide bonds. The van der Waals surface area contributed by atoms with Crippen LogP contribution < -0.4 is 0 Å². The molecule has 2 atom stereocenters. The fraction of sp³-hybridized carbons (Fsp3) is 0.733. The number of aliphatic hydroxyl groups is 1. The van der Waals surface area contributed by atoms with Crippen molar-refractivity contribution in [2.75, 3.05) is 11.5 Å². The molecular weight excluding hydrogens is 258 g/mol. The molecular formula is C15H25NO2S. The lowest BCUT2D eigenvalue weighted by molar-refractivity contribution is 0.0980. The molecule has 1 N–H and O–H groups in total. The Morgan fingerprint density at radius 3 is 2.84 bits per heavy atom. The van der Waals surface area contributed by atoms with Crippen LogP contribution in [0, 0.1) is 12.3 Å². The summed E-state index contributed by atoms with van der Waals surface area (Å²) in [6, 6.07) is 2.10. The number of fused-ring (bicyclic) bond motifs is 1. The van der Waals surface area contributed by atoms with Crippen molar-refractivity contribution in [1.82, 2.24) is 4.57 Å². The maximum Gasteiger partial charge on any atom is 0.0812 e. The molecule has 0 spiro atoms. The van der Waals surface area contributed by atoms with Gasteiger partial charge >= 0.3 is 0 Å². The second-order valence-electron chi connectivity index (χ2n) is 6.33. The molecule has 1 aromatic heterocycles. The van der Waals surface area contributed by atoms with E-state index in [4.69, 9.17) is 0 Å². The predicted molar refractivity (Wildman–Crippen MR) is 79.8 cm³/mol. The highest BCUT2D eigenvalue weighted by molar-refractivity contribution is 7.84. The van der Waals surface area contributed by atoms with Crippen molar-refractivity contribution < 1.29 is 9.32 Å². The molecule has 1 aromatic rings. The van der Waals surface area contributed by atoms with Gasteiger partial charge in [0.05, 0.1) is 6.10 Å². The summed E-state index contributed by atoms with van der Waals surface area (Å²) in [6.45, 7) is 9.24. The van der Waals surface area contributed by atoms with Gasteiger partial charge in [0.15, 0.2) is 0 Å². The molecule has 1 aliphatic rings. The third-order valence-electron chi connectivity index (χ3n) is 4.06. The second-order valence-corrected chi connectivity index (χ2v) is 8.20. The van der Waals surface area contributed by atoms with Crippen molar-refractivity contribution in [3.05, 3.63) is 23.0 Å². The molecule has 0 fully saturated rings. The molecule has 0 aromatic carbocycles. The van der Waals surface area contributed by atoms with E-state index in [1.165, 1.54) is 11.4 Å². The van der Waals surface area contributed by atoms with E-state index in [0.29, 0.717) is 5.75 Å². The largest absolute Gasteiger partial charge is 0.388 e. The summed E-state index contributed by atoms with van der Waals surface area (Å²) in [7, 11) is -0.732. The fourth-order valence-electron chi connectivity index (χ4n) is 3.05. The summed E-state index contributed by atoms with van der Waals surface area (Å²) in [4.78, 5) is 0. The predicted octanol–water partition coefficient (Wildman–Crippen LogP) is 2.57. The minimum atomic E-state index is -0.732. The van der Waals surface area contributed by atoms with Crippen molar-refractivity contribution in [3.63, 3.8) is 0 Å². The first-order valence-corrected chi connectivity index (χ1v) is 8.55. The van der Waals surface area contributed by atoms with Crippen LogP contribution in [0.5, 0.6) is 0 Å². The molecule has 3 nitrogen and oxygen atoms in total. The van der Waals surface area contributed by atoms with Crippen molar-refractivity contribution in [2.45, 2.75) is 53.2 Å². The molecule has 2 unspecified atom stereocenters. The number of aryl methyl sites for hydroxylation is 1. The number of hydrogen-bond acceptors (Lipinski definition) is 2. The number of hydrogen-bond donors (Lipinski definition) is 1. The Labute approximate surface area is 118 Å². The zero-order valence-corrected chi connectivity index (χ0v) is 13.2. The van der Waals surface area contributed by atoms with Crippen LogP contribution in [-0.4, -0.2) is 25.4 Å². The van der Waals surface area contributed by atoms with Crippen LogP contribution in [-0.2, 0) is 23.8 Å². The van der Waals surface area contributed by atoms with Gasteiger partial charge in [-0.2, -0.15) is 0 Å². The maximum atomic E-state index is 11.6. The van der Waals surface area contributed by atoms with Crippen LogP contribution in [0.15, 0.2) is 6.07 Å². The van der Waals surface area contributed by atoms with E-state index in [1.807, 2.05) is 6.92 Å². The van der Waals surface area contributed by atoms with E-state index in [0.717, 1.165) is 30.7 Å². The summed E-state index contributed by atoms with van der Waals surface area (Å²) >= 11 is 0. The van der Waals surface area contributed by atoms with Crippen molar-refractivity contribution >= 4 is 10.8 Å². The molecule has 0 saturated carbocycles. The Bertz CT molecular complexity index is 491. The average molecular weight is 283 g/mol. The summed E-state index contributed by atoms with van der Waals surface area (Å²) < 4.78 is 13.9. The summed E-state index contributed by atoms with van der Waals surface area (Å²) in [5, 5.41) is 10.3. The topological polar surface area (TPSA) is 42.2 Å². The van der Waals surface area contributed by atoms with Crippen molar-refractivity contribution in [3.8, 4) is 0 Å². The van der Waals surface area contributed by atoms with Gasteiger partial charge in [-0.15, -0.1) is 0 Å². The van der Waals surface area contributed by atoms with Gasteiger partial charge in [-0.05, 0) is 31.2 Å². The Kier molecular flexibility index (Phi) is 4.21. The van der Waals surface area contributed by atoms with Gasteiger partial charge in [-0.25, -0.2) is 0 Å². The summed E-state index contributed by atoms with van der Waals surface area (Å²) in [5.41, 5.74) is 3.64. The van der Waals surface area contributed by atoms with Crippen LogP contribution in [0.25, 0.3) is 0 Å². The normalized spacial score (nSPS) is 23.1. The first-order valence-electron chi connectivity index (χ1n) is 7.06. The smallest absolute Gasteiger partial charge is 0.0812 e. The highest BCUT2D eigenvalue weighted by atomic mass is 32.2. The molecule has 0 radical (unpaired) electrons. The van der Waals surface area contributed by atoms with Gasteiger partial charge in [0, 0.05) is 45.8 Å². The third kappa shape index (κ3) is 3.11. The second kappa shape index (κ2) is 5.41. The van der Waals surface area contributed by atoms with E-state index < -0.39 is 10.8 Å². The lowest BCUT2D eigenvalue weighted by Crippen LogP contribution is -2.27. The van der Waals surface area contributed by atoms with Crippen LogP contribution in [0.3, 0.4) is 0 Å². The van der Waals surface area contributed by atoms with E-state index in [1.54, 1.807) is 0 Å². The van der Waals surface area contributed by atoms with Crippen LogP contribution >= 0.6 is 0 Å². The zero-order valence-electron chi connectivity index (χ0n) is 12.4. The molecule has 1 aliphatic carbocycles. The van der Waals surface area contributed by atoms with E-state index in [9.17, 15) is 9.32 Å². The Morgan fingerprint density at radius 2 is 2.21 bits per heavy atom.